The number of nitrogens with two attached hydrogens (primary N) is 1. The third-order valence-electron chi connectivity index (χ3n) is 5.54. The summed E-state index contributed by atoms with van der Waals surface area (Å²) in [6.07, 6.45) is 7.81. The Balaban J connectivity index is 2.38. The predicted octanol–water partition coefficient (Wildman–Crippen LogP) is 7.57. The van der Waals surface area contributed by atoms with Gasteiger partial charge in [-0.05, 0) is 77.8 Å². The topological polar surface area (TPSA) is 38.0 Å². The third-order valence-corrected chi connectivity index (χ3v) is 5.54. The first-order chi connectivity index (χ1) is 15.3. The van der Waals surface area contributed by atoms with E-state index in [0.29, 0.717) is 12.1 Å². The van der Waals surface area contributed by atoms with Crippen LogP contribution in [0.5, 0.6) is 0 Å². The summed E-state index contributed by atoms with van der Waals surface area (Å²) in [7, 11) is 0. The standard InChI is InChI=1S/C30H38N2/c1-8-10-16-32-24(7)29(18-23(6)31)19-26-13-15-27(17-22(26)5)28-14-12-25(11-9-2)30(20-28)21(3)4/h9,12-15,17,19-20,32H,2-3,6-8,10-11,16,18,31H2,1,4-5H3/b29-19+. The first kappa shape index (κ1) is 25.0. The van der Waals surface area contributed by atoms with Crippen LogP contribution in [0, 0.1) is 6.92 Å². The molecule has 0 saturated heterocycles. The number of aryl methyl sites for hydroxylation is 1. The van der Waals surface area contributed by atoms with E-state index in [1.807, 2.05) is 6.08 Å². The van der Waals surface area contributed by atoms with E-state index in [1.54, 1.807) is 0 Å². The SMILES string of the molecule is C=CCc1ccc(-c2ccc(/C=C(\CC(=C)N)C(=C)NCCCC)c(C)c2)cc1C(=C)C. The summed E-state index contributed by atoms with van der Waals surface area (Å²) in [5, 5.41) is 3.42. The molecule has 2 aromatic carbocycles. The second kappa shape index (κ2) is 12.0. The van der Waals surface area contributed by atoms with Crippen LogP contribution >= 0.6 is 0 Å². The Kier molecular flexibility index (Phi) is 9.34. The first-order valence-corrected chi connectivity index (χ1v) is 11.3. The minimum Gasteiger partial charge on any atom is -0.402 e. The van der Waals surface area contributed by atoms with E-state index >= 15 is 0 Å². The molecule has 0 aromatic heterocycles. The molecular formula is C30H38N2. The molecule has 3 N–H and O–H groups in total. The monoisotopic (exact) mass is 426 g/mol. The van der Waals surface area contributed by atoms with Gasteiger partial charge < -0.3 is 11.1 Å². The second-order valence-corrected chi connectivity index (χ2v) is 8.48. The summed E-state index contributed by atoms with van der Waals surface area (Å²) in [5.41, 5.74) is 16.8. The van der Waals surface area contributed by atoms with Gasteiger partial charge in [0.05, 0.1) is 0 Å². The summed E-state index contributed by atoms with van der Waals surface area (Å²) in [5.74, 6) is 0. The molecule has 0 saturated carbocycles. The Labute approximate surface area is 194 Å². The fraction of sp³-hybridized carbons (Fsp3) is 0.267. The Bertz CT molecular complexity index is 1040. The van der Waals surface area contributed by atoms with E-state index in [2.05, 4.69) is 94.9 Å². The maximum Gasteiger partial charge on any atom is 0.0303 e. The minimum absolute atomic E-state index is 0.603. The van der Waals surface area contributed by atoms with Crippen LogP contribution < -0.4 is 11.1 Å². The van der Waals surface area contributed by atoms with E-state index in [0.717, 1.165) is 48.2 Å². The summed E-state index contributed by atoms with van der Waals surface area (Å²) >= 11 is 0. The van der Waals surface area contributed by atoms with Crippen LogP contribution in [-0.4, -0.2) is 6.54 Å². The van der Waals surface area contributed by atoms with Crippen LogP contribution in [0.1, 0.15) is 55.4 Å². The molecule has 0 spiro atoms. The van der Waals surface area contributed by atoms with Gasteiger partial charge in [0.25, 0.3) is 0 Å². The smallest absolute Gasteiger partial charge is 0.0303 e. The molecule has 0 aliphatic rings. The highest BCUT2D eigenvalue weighted by atomic mass is 14.9. The van der Waals surface area contributed by atoms with E-state index in [1.165, 1.54) is 27.8 Å². The summed E-state index contributed by atoms with van der Waals surface area (Å²) in [4.78, 5) is 0. The van der Waals surface area contributed by atoms with Crippen LogP contribution in [0.25, 0.3) is 22.8 Å². The van der Waals surface area contributed by atoms with Crippen LogP contribution in [0.3, 0.4) is 0 Å². The highest BCUT2D eigenvalue weighted by molar-refractivity contribution is 5.75. The lowest BCUT2D eigenvalue weighted by Crippen LogP contribution is -2.16. The minimum atomic E-state index is 0.603. The normalized spacial score (nSPS) is 11.2. The molecule has 2 nitrogen and oxygen atoms in total. The van der Waals surface area contributed by atoms with Gasteiger partial charge in [-0.3, -0.25) is 0 Å². The quantitative estimate of drug-likeness (QED) is 0.209. The molecule has 0 atom stereocenters. The molecule has 2 heteroatoms. The molecule has 2 rings (SSSR count). The van der Waals surface area contributed by atoms with Gasteiger partial charge in [-0.1, -0.05) is 75.1 Å². The summed E-state index contributed by atoms with van der Waals surface area (Å²) in [6.45, 7) is 23.4. The van der Waals surface area contributed by atoms with Gasteiger partial charge in [0.2, 0.25) is 0 Å². The molecule has 32 heavy (non-hydrogen) atoms. The van der Waals surface area contributed by atoms with Crippen molar-refractivity contribution in [2.45, 2.75) is 46.5 Å². The molecule has 168 valence electrons. The largest absolute Gasteiger partial charge is 0.402 e. The number of benzene rings is 2. The van der Waals surface area contributed by atoms with E-state index in [-0.39, 0.29) is 0 Å². The highest BCUT2D eigenvalue weighted by Gasteiger charge is 2.09. The molecule has 0 fully saturated rings. The van der Waals surface area contributed by atoms with Crippen LogP contribution in [0.4, 0.5) is 0 Å². The predicted molar refractivity (Wildman–Crippen MR) is 143 cm³/mol. The lowest BCUT2D eigenvalue weighted by molar-refractivity contribution is 0.713. The van der Waals surface area contributed by atoms with Crippen molar-refractivity contribution in [1.29, 1.82) is 0 Å². The fourth-order valence-corrected chi connectivity index (χ4v) is 3.71. The molecular weight excluding hydrogens is 388 g/mol. The molecule has 0 unspecified atom stereocenters. The maximum atomic E-state index is 5.93. The Morgan fingerprint density at radius 1 is 1.06 bits per heavy atom. The zero-order valence-electron chi connectivity index (χ0n) is 20.1. The van der Waals surface area contributed by atoms with Gasteiger partial charge in [-0.15, -0.1) is 6.58 Å². The number of nitrogens with one attached hydrogen (secondary N) is 1. The average molecular weight is 427 g/mol. The summed E-state index contributed by atoms with van der Waals surface area (Å²) in [6, 6.07) is 13.2. The van der Waals surface area contributed by atoms with Crippen molar-refractivity contribution in [3.05, 3.63) is 108 Å². The van der Waals surface area contributed by atoms with Crippen molar-refractivity contribution in [1.82, 2.24) is 5.32 Å². The number of hydrogen-bond acceptors (Lipinski definition) is 2. The number of unbranched alkanes of at least 4 members (excludes halogenated alkanes) is 1. The molecule has 2 aromatic rings. The average Bonchev–Trinajstić information content (AvgIpc) is 2.74. The number of hydrogen-bond donors (Lipinski definition) is 2. The van der Waals surface area contributed by atoms with Crippen LogP contribution in [-0.2, 0) is 6.42 Å². The lowest BCUT2D eigenvalue weighted by Gasteiger charge is -2.15. The second-order valence-electron chi connectivity index (χ2n) is 8.48. The van der Waals surface area contributed by atoms with Crippen LogP contribution in [0.2, 0.25) is 0 Å². The van der Waals surface area contributed by atoms with Crippen molar-refractivity contribution in [2.75, 3.05) is 6.54 Å². The van der Waals surface area contributed by atoms with Gasteiger partial charge in [0.15, 0.2) is 0 Å². The Morgan fingerprint density at radius 2 is 1.75 bits per heavy atom. The van der Waals surface area contributed by atoms with Crippen molar-refractivity contribution in [3.63, 3.8) is 0 Å². The highest BCUT2D eigenvalue weighted by Crippen LogP contribution is 2.29. The van der Waals surface area contributed by atoms with Gasteiger partial charge in [0.1, 0.15) is 0 Å². The molecule has 0 radical (unpaired) electrons. The van der Waals surface area contributed by atoms with Crippen molar-refractivity contribution in [3.8, 4) is 11.1 Å². The molecule has 0 amide bonds. The van der Waals surface area contributed by atoms with Gasteiger partial charge in [-0.25, -0.2) is 0 Å². The van der Waals surface area contributed by atoms with E-state index < -0.39 is 0 Å². The summed E-state index contributed by atoms with van der Waals surface area (Å²) < 4.78 is 0. The Morgan fingerprint density at radius 3 is 2.34 bits per heavy atom. The van der Waals surface area contributed by atoms with Gasteiger partial charge >= 0.3 is 0 Å². The van der Waals surface area contributed by atoms with Crippen LogP contribution in [0.15, 0.2) is 85.8 Å². The van der Waals surface area contributed by atoms with Crippen molar-refractivity contribution < 1.29 is 0 Å². The molecule has 0 heterocycles. The van der Waals surface area contributed by atoms with Crippen molar-refractivity contribution in [2.24, 2.45) is 5.73 Å². The third kappa shape index (κ3) is 6.88. The van der Waals surface area contributed by atoms with Gasteiger partial charge in [-0.2, -0.15) is 0 Å². The zero-order valence-corrected chi connectivity index (χ0v) is 20.1. The molecule has 0 aliphatic heterocycles. The molecule has 0 bridgehead atoms. The maximum absolute atomic E-state index is 5.93. The van der Waals surface area contributed by atoms with Crippen molar-refractivity contribution >= 4 is 11.6 Å². The van der Waals surface area contributed by atoms with E-state index in [4.69, 9.17) is 5.73 Å². The number of allylic oxidation sites excluding steroid dienone is 4. The lowest BCUT2D eigenvalue weighted by atomic mass is 9.92. The van der Waals surface area contributed by atoms with Gasteiger partial charge in [0, 0.05) is 24.4 Å². The first-order valence-electron chi connectivity index (χ1n) is 11.3. The fourth-order valence-electron chi connectivity index (χ4n) is 3.71. The zero-order chi connectivity index (χ0) is 23.7. The molecule has 0 aliphatic carbocycles. The number of rotatable bonds is 12. The van der Waals surface area contributed by atoms with E-state index in [9.17, 15) is 0 Å². The Hall–Kier alpha value is -3.26.